The second-order valence-electron chi connectivity index (χ2n) is 3.85. The van der Waals surface area contributed by atoms with E-state index in [1.54, 1.807) is 6.07 Å². The van der Waals surface area contributed by atoms with Gasteiger partial charge in [0.2, 0.25) is 0 Å². The van der Waals surface area contributed by atoms with Crippen molar-refractivity contribution >= 4 is 5.91 Å². The first-order valence-electron chi connectivity index (χ1n) is 5.73. The zero-order chi connectivity index (χ0) is 13.7. The maximum Gasteiger partial charge on any atom is 0.272 e. The molecule has 0 aliphatic heterocycles. The Morgan fingerprint density at radius 2 is 2.16 bits per heavy atom. The van der Waals surface area contributed by atoms with Gasteiger partial charge in [0.05, 0.1) is 0 Å². The molecule has 3 N–H and O–H groups in total. The topological polar surface area (TPSA) is 90.1 Å². The maximum atomic E-state index is 11.2. The second kappa shape index (κ2) is 5.92. The van der Waals surface area contributed by atoms with E-state index in [-0.39, 0.29) is 11.6 Å². The van der Waals surface area contributed by atoms with E-state index < -0.39 is 5.91 Å². The number of ether oxygens (including phenoxy) is 1. The number of amides is 1. The molecule has 6 heteroatoms. The van der Waals surface area contributed by atoms with Crippen LogP contribution in [0.15, 0.2) is 36.7 Å². The number of primary amides is 1. The molecule has 0 radical (unpaired) electrons. The largest absolute Gasteiger partial charge is 0.437 e. The standard InChI is InChI=1S/C13H14N4O2/c1-15-8-9-3-2-4-10(7-9)19-13-11(12(14)18)16-5-6-17-13/h2-7,15H,8H2,1H3,(H2,14,18). The molecule has 1 aromatic heterocycles. The van der Waals surface area contributed by atoms with Crippen LogP contribution < -0.4 is 15.8 Å². The average Bonchev–Trinajstić information content (AvgIpc) is 2.40. The zero-order valence-electron chi connectivity index (χ0n) is 10.5. The Kier molecular flexibility index (Phi) is 4.04. The number of nitrogens with zero attached hydrogens (tertiary/aromatic N) is 2. The first kappa shape index (κ1) is 13.0. The number of rotatable bonds is 5. The molecule has 0 unspecified atom stereocenters. The Bertz CT molecular complexity index is 586. The lowest BCUT2D eigenvalue weighted by molar-refractivity contribution is 0.0992. The molecule has 0 bridgehead atoms. The van der Waals surface area contributed by atoms with Gasteiger partial charge in [-0.15, -0.1) is 0 Å². The van der Waals surface area contributed by atoms with Crippen LogP contribution in [-0.4, -0.2) is 22.9 Å². The van der Waals surface area contributed by atoms with E-state index in [2.05, 4.69) is 15.3 Å². The number of carbonyl (C=O) groups excluding carboxylic acids is 1. The summed E-state index contributed by atoms with van der Waals surface area (Å²) in [6, 6.07) is 7.46. The minimum atomic E-state index is -0.672. The minimum Gasteiger partial charge on any atom is -0.437 e. The highest BCUT2D eigenvalue weighted by Gasteiger charge is 2.12. The summed E-state index contributed by atoms with van der Waals surface area (Å²) >= 11 is 0. The molecule has 0 atom stereocenters. The van der Waals surface area contributed by atoms with Gasteiger partial charge in [-0.05, 0) is 24.7 Å². The summed E-state index contributed by atoms with van der Waals surface area (Å²) in [5, 5.41) is 3.05. The zero-order valence-corrected chi connectivity index (χ0v) is 10.5. The van der Waals surface area contributed by atoms with E-state index in [0.717, 1.165) is 12.1 Å². The fourth-order valence-electron chi connectivity index (χ4n) is 1.60. The quantitative estimate of drug-likeness (QED) is 0.837. The van der Waals surface area contributed by atoms with Crippen LogP contribution in [0.2, 0.25) is 0 Å². The van der Waals surface area contributed by atoms with Crippen LogP contribution in [0.3, 0.4) is 0 Å². The molecule has 0 aliphatic rings. The molecule has 0 saturated carbocycles. The lowest BCUT2D eigenvalue weighted by Gasteiger charge is -2.08. The Morgan fingerprint density at radius 3 is 2.89 bits per heavy atom. The van der Waals surface area contributed by atoms with E-state index in [0.29, 0.717) is 5.75 Å². The number of hydrogen-bond acceptors (Lipinski definition) is 5. The molecular formula is C13H14N4O2. The summed E-state index contributed by atoms with van der Waals surface area (Å²) < 4.78 is 5.56. The van der Waals surface area contributed by atoms with Gasteiger partial charge in [-0.1, -0.05) is 12.1 Å². The third-order valence-corrected chi connectivity index (χ3v) is 2.39. The highest BCUT2D eigenvalue weighted by atomic mass is 16.5. The van der Waals surface area contributed by atoms with Gasteiger partial charge < -0.3 is 15.8 Å². The van der Waals surface area contributed by atoms with E-state index in [1.807, 2.05) is 25.2 Å². The first-order chi connectivity index (χ1) is 9.20. The van der Waals surface area contributed by atoms with Crippen LogP contribution in [0.4, 0.5) is 0 Å². The van der Waals surface area contributed by atoms with Crippen molar-refractivity contribution < 1.29 is 9.53 Å². The average molecular weight is 258 g/mol. The number of hydrogen-bond donors (Lipinski definition) is 2. The number of aromatic nitrogens is 2. The smallest absolute Gasteiger partial charge is 0.272 e. The van der Waals surface area contributed by atoms with Gasteiger partial charge in [-0.25, -0.2) is 9.97 Å². The molecule has 0 aliphatic carbocycles. The summed E-state index contributed by atoms with van der Waals surface area (Å²) in [5.74, 6) is 0.0156. The van der Waals surface area contributed by atoms with Gasteiger partial charge in [-0.2, -0.15) is 0 Å². The van der Waals surface area contributed by atoms with Gasteiger partial charge >= 0.3 is 0 Å². The molecule has 1 heterocycles. The third-order valence-electron chi connectivity index (χ3n) is 2.39. The molecule has 2 aromatic rings. The molecule has 0 saturated heterocycles. The fraction of sp³-hybridized carbons (Fsp3) is 0.154. The van der Waals surface area contributed by atoms with Crippen LogP contribution in [0, 0.1) is 0 Å². The Balaban J connectivity index is 2.26. The highest BCUT2D eigenvalue weighted by Crippen LogP contribution is 2.22. The summed E-state index contributed by atoms with van der Waals surface area (Å²) in [6.07, 6.45) is 2.84. The Morgan fingerprint density at radius 1 is 1.37 bits per heavy atom. The highest BCUT2D eigenvalue weighted by molar-refractivity contribution is 5.92. The van der Waals surface area contributed by atoms with Gasteiger partial charge in [0.15, 0.2) is 5.69 Å². The number of benzene rings is 1. The molecule has 1 amide bonds. The van der Waals surface area contributed by atoms with Crippen molar-refractivity contribution in [1.29, 1.82) is 0 Å². The van der Waals surface area contributed by atoms with Crippen molar-refractivity contribution in [3.05, 3.63) is 47.9 Å². The predicted octanol–water partition coefficient (Wildman–Crippen LogP) is 1.09. The monoisotopic (exact) mass is 258 g/mol. The molecule has 1 aromatic carbocycles. The van der Waals surface area contributed by atoms with Gasteiger partial charge in [0.25, 0.3) is 11.8 Å². The maximum absolute atomic E-state index is 11.2. The van der Waals surface area contributed by atoms with E-state index in [4.69, 9.17) is 10.5 Å². The van der Waals surface area contributed by atoms with Crippen molar-refractivity contribution in [2.45, 2.75) is 6.54 Å². The minimum absolute atomic E-state index is 0.0153. The van der Waals surface area contributed by atoms with Gasteiger partial charge in [0, 0.05) is 18.9 Å². The summed E-state index contributed by atoms with van der Waals surface area (Å²) in [4.78, 5) is 19.0. The number of nitrogens with two attached hydrogens (primary N) is 1. The molecule has 98 valence electrons. The SMILES string of the molecule is CNCc1cccc(Oc2nccnc2C(N)=O)c1. The summed E-state index contributed by atoms with van der Waals surface area (Å²) in [7, 11) is 1.86. The van der Waals surface area contributed by atoms with Crippen LogP contribution in [-0.2, 0) is 6.54 Å². The van der Waals surface area contributed by atoms with Crippen LogP contribution in [0.25, 0.3) is 0 Å². The van der Waals surface area contributed by atoms with Crippen molar-refractivity contribution in [1.82, 2.24) is 15.3 Å². The van der Waals surface area contributed by atoms with Crippen LogP contribution >= 0.6 is 0 Å². The predicted molar refractivity (Wildman–Crippen MR) is 69.8 cm³/mol. The third kappa shape index (κ3) is 3.26. The van der Waals surface area contributed by atoms with Crippen molar-refractivity contribution in [3.63, 3.8) is 0 Å². The van der Waals surface area contributed by atoms with Crippen molar-refractivity contribution in [2.75, 3.05) is 7.05 Å². The van der Waals surface area contributed by atoms with Crippen molar-refractivity contribution in [2.24, 2.45) is 5.73 Å². The first-order valence-corrected chi connectivity index (χ1v) is 5.73. The summed E-state index contributed by atoms with van der Waals surface area (Å²) in [6.45, 7) is 0.723. The second-order valence-corrected chi connectivity index (χ2v) is 3.85. The van der Waals surface area contributed by atoms with E-state index in [1.165, 1.54) is 12.4 Å². The van der Waals surface area contributed by atoms with Crippen molar-refractivity contribution in [3.8, 4) is 11.6 Å². The van der Waals surface area contributed by atoms with Crippen LogP contribution in [0.5, 0.6) is 11.6 Å². The lowest BCUT2D eigenvalue weighted by atomic mass is 10.2. The Labute approximate surface area is 110 Å². The number of nitrogens with one attached hydrogen (secondary N) is 1. The van der Waals surface area contributed by atoms with Crippen LogP contribution in [0.1, 0.15) is 16.1 Å². The molecule has 2 rings (SSSR count). The molecule has 0 fully saturated rings. The van der Waals surface area contributed by atoms with E-state index in [9.17, 15) is 4.79 Å². The van der Waals surface area contributed by atoms with Gasteiger partial charge in [0.1, 0.15) is 5.75 Å². The molecule has 0 spiro atoms. The molecular weight excluding hydrogens is 244 g/mol. The van der Waals surface area contributed by atoms with E-state index >= 15 is 0 Å². The fourth-order valence-corrected chi connectivity index (χ4v) is 1.60. The normalized spacial score (nSPS) is 10.2. The number of carbonyl (C=O) groups is 1. The lowest BCUT2D eigenvalue weighted by Crippen LogP contribution is -2.15. The summed E-state index contributed by atoms with van der Waals surface area (Å²) in [5.41, 5.74) is 6.29. The van der Waals surface area contributed by atoms with Gasteiger partial charge in [-0.3, -0.25) is 4.79 Å². The molecule has 6 nitrogen and oxygen atoms in total. The molecule has 19 heavy (non-hydrogen) atoms. The Hall–Kier alpha value is -2.47.